The highest BCUT2D eigenvalue weighted by molar-refractivity contribution is 5.80. The molecule has 0 aromatic heterocycles. The highest BCUT2D eigenvalue weighted by Gasteiger charge is 2.30. The van der Waals surface area contributed by atoms with Gasteiger partial charge in [0, 0.05) is 6.04 Å². The Hall–Kier alpha value is -1.55. The molecule has 4 nitrogen and oxygen atoms in total. The first-order chi connectivity index (χ1) is 8.58. The van der Waals surface area contributed by atoms with Crippen molar-refractivity contribution in [3.8, 4) is 5.75 Å². The zero-order chi connectivity index (χ0) is 13.1. The molecule has 1 amide bonds. The lowest BCUT2D eigenvalue weighted by molar-refractivity contribution is -0.125. The van der Waals surface area contributed by atoms with Crippen molar-refractivity contribution < 1.29 is 9.90 Å². The molecule has 98 valence electrons. The van der Waals surface area contributed by atoms with Crippen molar-refractivity contribution >= 4 is 5.91 Å². The second-order valence-corrected chi connectivity index (χ2v) is 4.96. The lowest BCUT2D eigenvalue weighted by Gasteiger charge is -2.19. The number of carbonyl (C=O) groups is 1. The number of nitrogens with one attached hydrogen (secondary N) is 2. The lowest BCUT2D eigenvalue weighted by atomic mass is 10.00. The van der Waals surface area contributed by atoms with Crippen LogP contribution in [0.5, 0.6) is 5.75 Å². The number of aromatic hydroxyl groups is 1. The summed E-state index contributed by atoms with van der Waals surface area (Å²) in [6.07, 6.45) is 0.889. The second-order valence-electron chi connectivity index (χ2n) is 4.96. The summed E-state index contributed by atoms with van der Waals surface area (Å²) in [6, 6.07) is 7.15. The Morgan fingerprint density at radius 1 is 1.56 bits per heavy atom. The van der Waals surface area contributed by atoms with Crippen LogP contribution in [0.1, 0.15) is 31.9 Å². The van der Waals surface area contributed by atoms with E-state index in [1.807, 2.05) is 19.9 Å². The van der Waals surface area contributed by atoms with Crippen molar-refractivity contribution in [1.29, 1.82) is 0 Å². The van der Waals surface area contributed by atoms with Gasteiger partial charge in [-0.15, -0.1) is 0 Å². The Bertz CT molecular complexity index is 434. The van der Waals surface area contributed by atoms with Crippen molar-refractivity contribution in [2.24, 2.45) is 5.92 Å². The van der Waals surface area contributed by atoms with E-state index in [0.717, 1.165) is 18.5 Å². The summed E-state index contributed by atoms with van der Waals surface area (Å²) in [4.78, 5) is 12.1. The maximum atomic E-state index is 12.1. The first-order valence-corrected chi connectivity index (χ1v) is 6.40. The Balaban J connectivity index is 1.98. The van der Waals surface area contributed by atoms with E-state index >= 15 is 0 Å². The molecule has 4 heteroatoms. The molecule has 3 atom stereocenters. The van der Waals surface area contributed by atoms with Crippen LogP contribution in [0.3, 0.4) is 0 Å². The quantitative estimate of drug-likeness (QED) is 0.761. The molecule has 1 aliphatic rings. The molecule has 2 rings (SSSR count). The fourth-order valence-corrected chi connectivity index (χ4v) is 2.41. The van der Waals surface area contributed by atoms with Crippen molar-refractivity contribution in [2.45, 2.75) is 32.4 Å². The zero-order valence-electron chi connectivity index (χ0n) is 10.8. The predicted octanol–water partition coefficient (Wildman–Crippen LogP) is 1.57. The van der Waals surface area contributed by atoms with Gasteiger partial charge in [-0.2, -0.15) is 0 Å². The summed E-state index contributed by atoms with van der Waals surface area (Å²) in [6.45, 7) is 4.87. The van der Waals surface area contributed by atoms with Gasteiger partial charge in [0.15, 0.2) is 0 Å². The van der Waals surface area contributed by atoms with Gasteiger partial charge in [-0.25, -0.2) is 0 Å². The summed E-state index contributed by atoms with van der Waals surface area (Å²) < 4.78 is 0. The molecule has 18 heavy (non-hydrogen) atoms. The highest BCUT2D eigenvalue weighted by atomic mass is 16.3. The van der Waals surface area contributed by atoms with Gasteiger partial charge in [-0.1, -0.05) is 12.1 Å². The van der Waals surface area contributed by atoms with E-state index < -0.39 is 0 Å². The molecular formula is C14H20N2O2. The zero-order valence-corrected chi connectivity index (χ0v) is 10.8. The number of hydrogen-bond donors (Lipinski definition) is 3. The summed E-state index contributed by atoms with van der Waals surface area (Å²) >= 11 is 0. The number of phenolic OH excluding ortho intramolecular Hbond substituents is 1. The maximum Gasteiger partial charge on any atom is 0.225 e. The van der Waals surface area contributed by atoms with E-state index in [0.29, 0.717) is 0 Å². The van der Waals surface area contributed by atoms with Crippen molar-refractivity contribution in [2.75, 3.05) is 6.54 Å². The molecule has 1 aromatic carbocycles. The van der Waals surface area contributed by atoms with E-state index in [4.69, 9.17) is 0 Å². The van der Waals surface area contributed by atoms with Crippen molar-refractivity contribution in [1.82, 2.24) is 10.6 Å². The topological polar surface area (TPSA) is 61.4 Å². The monoisotopic (exact) mass is 248 g/mol. The molecule has 1 aromatic rings. The Kier molecular flexibility index (Phi) is 3.87. The minimum atomic E-state index is -0.0857. The maximum absolute atomic E-state index is 12.1. The third kappa shape index (κ3) is 2.82. The average molecular weight is 248 g/mol. The van der Waals surface area contributed by atoms with Crippen LogP contribution in [0.15, 0.2) is 24.3 Å². The molecule has 1 saturated heterocycles. The lowest BCUT2D eigenvalue weighted by Crippen LogP contribution is -2.37. The Labute approximate surface area is 107 Å². The van der Waals surface area contributed by atoms with Crippen LogP contribution in [0, 0.1) is 5.92 Å². The van der Waals surface area contributed by atoms with Gasteiger partial charge in [-0.05, 0) is 44.5 Å². The van der Waals surface area contributed by atoms with Crippen LogP contribution in [-0.4, -0.2) is 23.6 Å². The third-order valence-electron chi connectivity index (χ3n) is 3.59. The second kappa shape index (κ2) is 5.40. The van der Waals surface area contributed by atoms with Crippen LogP contribution in [0.2, 0.25) is 0 Å². The molecule has 1 fully saturated rings. The van der Waals surface area contributed by atoms with Crippen molar-refractivity contribution in [3.05, 3.63) is 29.8 Å². The molecule has 0 aliphatic carbocycles. The summed E-state index contributed by atoms with van der Waals surface area (Å²) in [7, 11) is 0. The molecule has 1 aliphatic heterocycles. The number of carbonyl (C=O) groups excluding carboxylic acids is 1. The third-order valence-corrected chi connectivity index (χ3v) is 3.59. The fourth-order valence-electron chi connectivity index (χ4n) is 2.41. The van der Waals surface area contributed by atoms with Gasteiger partial charge in [0.1, 0.15) is 5.75 Å². The molecular weight excluding hydrogens is 228 g/mol. The first-order valence-electron chi connectivity index (χ1n) is 6.40. The molecule has 0 saturated carbocycles. The first kappa shape index (κ1) is 12.9. The smallest absolute Gasteiger partial charge is 0.225 e. The normalized spacial score (nSPS) is 24.8. The van der Waals surface area contributed by atoms with Crippen molar-refractivity contribution in [3.63, 3.8) is 0 Å². The van der Waals surface area contributed by atoms with Crippen LogP contribution < -0.4 is 10.6 Å². The number of phenols is 1. The van der Waals surface area contributed by atoms with Gasteiger partial charge in [0.2, 0.25) is 5.91 Å². The average Bonchev–Trinajstić information content (AvgIpc) is 2.75. The van der Waals surface area contributed by atoms with E-state index in [-0.39, 0.29) is 29.7 Å². The highest BCUT2D eigenvalue weighted by Crippen LogP contribution is 2.20. The van der Waals surface area contributed by atoms with Crippen LogP contribution in [-0.2, 0) is 4.79 Å². The van der Waals surface area contributed by atoms with Gasteiger partial charge >= 0.3 is 0 Å². The summed E-state index contributed by atoms with van der Waals surface area (Å²) in [5.41, 5.74) is 0.918. The molecule has 0 spiro atoms. The van der Waals surface area contributed by atoms with Gasteiger partial charge in [0.25, 0.3) is 0 Å². The molecule has 3 unspecified atom stereocenters. The van der Waals surface area contributed by atoms with E-state index in [2.05, 4.69) is 10.6 Å². The van der Waals surface area contributed by atoms with Crippen LogP contribution in [0.25, 0.3) is 0 Å². The molecule has 0 bridgehead atoms. The van der Waals surface area contributed by atoms with Gasteiger partial charge < -0.3 is 15.7 Å². The largest absolute Gasteiger partial charge is 0.508 e. The minimum Gasteiger partial charge on any atom is -0.508 e. The van der Waals surface area contributed by atoms with Crippen LogP contribution >= 0.6 is 0 Å². The minimum absolute atomic E-state index is 0.0461. The summed E-state index contributed by atoms with van der Waals surface area (Å²) in [5, 5.41) is 15.7. The number of benzene rings is 1. The Morgan fingerprint density at radius 2 is 2.33 bits per heavy atom. The molecule has 1 heterocycles. The summed E-state index contributed by atoms with van der Waals surface area (Å²) in [5.74, 6) is 0.359. The standard InChI is InChI=1S/C14H20N2O2/c1-9(11-4-3-5-12(17)8-11)16-14(18)13-6-7-15-10(13)2/h3-5,8-10,13,15,17H,6-7H2,1-2H3,(H,16,18). The van der Waals surface area contributed by atoms with E-state index in [1.54, 1.807) is 18.2 Å². The predicted molar refractivity (Wildman–Crippen MR) is 70.2 cm³/mol. The number of amides is 1. The number of rotatable bonds is 3. The molecule has 0 radical (unpaired) electrons. The van der Waals surface area contributed by atoms with Gasteiger partial charge in [-0.3, -0.25) is 4.79 Å². The van der Waals surface area contributed by atoms with E-state index in [1.165, 1.54) is 0 Å². The van der Waals surface area contributed by atoms with E-state index in [9.17, 15) is 9.90 Å². The fraction of sp³-hybridized carbons (Fsp3) is 0.500. The SMILES string of the molecule is CC(NC(=O)C1CCNC1C)c1cccc(O)c1. The van der Waals surface area contributed by atoms with Gasteiger partial charge in [0.05, 0.1) is 12.0 Å². The number of hydrogen-bond acceptors (Lipinski definition) is 3. The Morgan fingerprint density at radius 3 is 2.94 bits per heavy atom. The molecule has 3 N–H and O–H groups in total. The van der Waals surface area contributed by atoms with Crippen LogP contribution in [0.4, 0.5) is 0 Å².